The van der Waals surface area contributed by atoms with Gasteiger partial charge in [-0.25, -0.2) is 22.3 Å². The molecular formula is C12H16F2N2O4S. The standard InChI is InChI=1S/C12H16F2N2O4S/c1-3-16(4-2)11(17)7-20-12-9(14)5-8(13)6-10(12)21(15,18)19/h5-6H,3-4,7H2,1-2H3,(H2,15,18,19). The maximum atomic E-state index is 13.6. The van der Waals surface area contributed by atoms with Crippen LogP contribution in [0.2, 0.25) is 0 Å². The van der Waals surface area contributed by atoms with Crippen LogP contribution in [0.5, 0.6) is 5.75 Å². The molecule has 0 unspecified atom stereocenters. The molecule has 0 aromatic heterocycles. The summed E-state index contributed by atoms with van der Waals surface area (Å²) in [7, 11) is -4.39. The van der Waals surface area contributed by atoms with Crippen molar-refractivity contribution in [1.82, 2.24) is 4.90 Å². The van der Waals surface area contributed by atoms with Gasteiger partial charge in [-0.3, -0.25) is 4.79 Å². The summed E-state index contributed by atoms with van der Waals surface area (Å²) in [5.74, 6) is -3.58. The summed E-state index contributed by atoms with van der Waals surface area (Å²) in [6.07, 6.45) is 0. The molecule has 0 fully saturated rings. The summed E-state index contributed by atoms with van der Waals surface area (Å²) >= 11 is 0. The molecule has 0 atom stereocenters. The molecule has 0 saturated carbocycles. The lowest BCUT2D eigenvalue weighted by Crippen LogP contribution is -2.34. The fraction of sp³-hybridized carbons (Fsp3) is 0.417. The molecule has 1 aromatic rings. The van der Waals surface area contributed by atoms with Crippen molar-refractivity contribution in [2.75, 3.05) is 19.7 Å². The number of nitrogens with zero attached hydrogens (tertiary/aromatic N) is 1. The molecule has 9 heteroatoms. The van der Waals surface area contributed by atoms with Crippen molar-refractivity contribution in [1.29, 1.82) is 0 Å². The van der Waals surface area contributed by atoms with Gasteiger partial charge >= 0.3 is 0 Å². The van der Waals surface area contributed by atoms with Crippen LogP contribution in [0.1, 0.15) is 13.8 Å². The number of sulfonamides is 1. The number of amides is 1. The topological polar surface area (TPSA) is 89.7 Å². The molecule has 1 amide bonds. The molecule has 21 heavy (non-hydrogen) atoms. The molecule has 0 aliphatic rings. The first-order valence-corrected chi connectivity index (χ1v) is 7.67. The van der Waals surface area contributed by atoms with E-state index < -0.39 is 44.8 Å². The molecule has 0 saturated heterocycles. The number of benzene rings is 1. The maximum absolute atomic E-state index is 13.6. The fourth-order valence-electron chi connectivity index (χ4n) is 1.69. The molecule has 6 nitrogen and oxygen atoms in total. The summed E-state index contributed by atoms with van der Waals surface area (Å²) in [6.45, 7) is 3.76. The van der Waals surface area contributed by atoms with Crippen LogP contribution >= 0.6 is 0 Å². The molecule has 0 aliphatic heterocycles. The zero-order valence-corrected chi connectivity index (χ0v) is 12.4. The van der Waals surface area contributed by atoms with Crippen LogP contribution < -0.4 is 9.88 Å². The highest BCUT2D eigenvalue weighted by Crippen LogP contribution is 2.27. The molecule has 1 rings (SSSR count). The fourth-order valence-corrected chi connectivity index (χ4v) is 2.38. The highest BCUT2D eigenvalue weighted by Gasteiger charge is 2.22. The number of carbonyl (C=O) groups excluding carboxylic acids is 1. The maximum Gasteiger partial charge on any atom is 0.260 e. The number of nitrogens with two attached hydrogens (primary N) is 1. The summed E-state index contributed by atoms with van der Waals surface area (Å²) in [4.78, 5) is 12.3. The van der Waals surface area contributed by atoms with Crippen molar-refractivity contribution in [3.05, 3.63) is 23.8 Å². The van der Waals surface area contributed by atoms with Crippen molar-refractivity contribution in [2.24, 2.45) is 5.14 Å². The SMILES string of the molecule is CCN(CC)C(=O)COc1c(F)cc(F)cc1S(N)(=O)=O. The minimum Gasteiger partial charge on any atom is -0.479 e. The number of hydrogen-bond donors (Lipinski definition) is 1. The molecule has 0 spiro atoms. The van der Waals surface area contributed by atoms with Crippen LogP contribution in [0.15, 0.2) is 17.0 Å². The molecule has 118 valence electrons. The van der Waals surface area contributed by atoms with Crippen LogP contribution in [0, 0.1) is 11.6 Å². The molecule has 0 bridgehead atoms. The average molecular weight is 322 g/mol. The van der Waals surface area contributed by atoms with Crippen molar-refractivity contribution >= 4 is 15.9 Å². The molecule has 0 aliphatic carbocycles. The van der Waals surface area contributed by atoms with E-state index in [1.165, 1.54) is 4.90 Å². The zero-order chi connectivity index (χ0) is 16.2. The number of carbonyl (C=O) groups is 1. The second kappa shape index (κ2) is 6.81. The van der Waals surface area contributed by atoms with Gasteiger partial charge in [0.1, 0.15) is 10.7 Å². The monoisotopic (exact) mass is 322 g/mol. The first kappa shape index (κ1) is 17.3. The van der Waals surface area contributed by atoms with E-state index in [4.69, 9.17) is 9.88 Å². The lowest BCUT2D eigenvalue weighted by atomic mass is 10.3. The number of primary sulfonamides is 1. The summed E-state index contributed by atoms with van der Waals surface area (Å²) in [6, 6.07) is 0.988. The minimum atomic E-state index is -4.39. The van der Waals surface area contributed by atoms with E-state index in [9.17, 15) is 22.0 Å². The summed E-state index contributed by atoms with van der Waals surface area (Å²) in [5, 5.41) is 4.88. The van der Waals surface area contributed by atoms with E-state index in [0.29, 0.717) is 25.2 Å². The van der Waals surface area contributed by atoms with Gasteiger partial charge < -0.3 is 9.64 Å². The van der Waals surface area contributed by atoms with Crippen LogP contribution in [-0.4, -0.2) is 38.9 Å². The van der Waals surface area contributed by atoms with Crippen molar-refractivity contribution < 1.29 is 26.7 Å². The first-order chi connectivity index (χ1) is 9.70. The molecule has 2 N–H and O–H groups in total. The Morgan fingerprint density at radius 3 is 2.33 bits per heavy atom. The molecule has 0 radical (unpaired) electrons. The van der Waals surface area contributed by atoms with Gasteiger partial charge in [-0.1, -0.05) is 0 Å². The second-order valence-corrected chi connectivity index (χ2v) is 5.64. The highest BCUT2D eigenvalue weighted by molar-refractivity contribution is 7.89. The number of hydrogen-bond acceptors (Lipinski definition) is 4. The number of likely N-dealkylation sites (N-methyl/N-ethyl adjacent to an activating group) is 1. The van der Waals surface area contributed by atoms with Crippen LogP contribution in [0.4, 0.5) is 8.78 Å². The average Bonchev–Trinajstić information content (AvgIpc) is 2.37. The van der Waals surface area contributed by atoms with E-state index >= 15 is 0 Å². The third-order valence-corrected chi connectivity index (χ3v) is 3.65. The Hall–Kier alpha value is -1.74. The Labute approximate surface area is 121 Å². The van der Waals surface area contributed by atoms with E-state index in [2.05, 4.69) is 0 Å². The van der Waals surface area contributed by atoms with Gasteiger partial charge in [0.25, 0.3) is 5.91 Å². The van der Waals surface area contributed by atoms with Gasteiger partial charge in [-0.05, 0) is 19.9 Å². The second-order valence-electron chi connectivity index (χ2n) is 4.11. The molecular weight excluding hydrogens is 306 g/mol. The van der Waals surface area contributed by atoms with Crippen LogP contribution in [0.25, 0.3) is 0 Å². The van der Waals surface area contributed by atoms with E-state index in [-0.39, 0.29) is 0 Å². The van der Waals surface area contributed by atoms with Crippen LogP contribution in [-0.2, 0) is 14.8 Å². The van der Waals surface area contributed by atoms with Crippen molar-refractivity contribution in [3.8, 4) is 5.75 Å². The Morgan fingerprint density at radius 2 is 1.86 bits per heavy atom. The Balaban J connectivity index is 3.06. The van der Waals surface area contributed by atoms with Gasteiger partial charge in [0.05, 0.1) is 0 Å². The van der Waals surface area contributed by atoms with Crippen LogP contribution in [0.3, 0.4) is 0 Å². The van der Waals surface area contributed by atoms with Gasteiger partial charge in [0.2, 0.25) is 10.0 Å². The van der Waals surface area contributed by atoms with E-state index in [0.717, 1.165) is 0 Å². The Morgan fingerprint density at radius 1 is 1.29 bits per heavy atom. The van der Waals surface area contributed by atoms with Gasteiger partial charge in [-0.15, -0.1) is 0 Å². The Bertz CT molecular complexity index is 630. The molecule has 1 aromatic carbocycles. The lowest BCUT2D eigenvalue weighted by Gasteiger charge is -2.19. The third-order valence-electron chi connectivity index (χ3n) is 2.74. The predicted molar refractivity (Wildman–Crippen MR) is 71.2 cm³/mol. The summed E-state index contributed by atoms with van der Waals surface area (Å²) in [5.41, 5.74) is 0. The van der Waals surface area contributed by atoms with Gasteiger partial charge in [-0.2, -0.15) is 0 Å². The smallest absolute Gasteiger partial charge is 0.260 e. The predicted octanol–water partition coefficient (Wildman–Crippen LogP) is 0.859. The lowest BCUT2D eigenvalue weighted by molar-refractivity contribution is -0.133. The largest absolute Gasteiger partial charge is 0.479 e. The number of ether oxygens (including phenoxy) is 1. The third kappa shape index (κ3) is 4.36. The van der Waals surface area contributed by atoms with Gasteiger partial charge in [0.15, 0.2) is 18.2 Å². The van der Waals surface area contributed by atoms with Gasteiger partial charge in [0, 0.05) is 19.2 Å². The zero-order valence-electron chi connectivity index (χ0n) is 11.6. The normalized spacial score (nSPS) is 11.3. The molecule has 0 heterocycles. The van der Waals surface area contributed by atoms with Crippen molar-refractivity contribution in [2.45, 2.75) is 18.7 Å². The quantitative estimate of drug-likeness (QED) is 0.841. The van der Waals surface area contributed by atoms with E-state index in [1.807, 2.05) is 0 Å². The van der Waals surface area contributed by atoms with E-state index in [1.54, 1.807) is 13.8 Å². The summed E-state index contributed by atoms with van der Waals surface area (Å²) < 4.78 is 54.3. The Kier molecular flexibility index (Phi) is 5.62. The number of halogens is 2. The first-order valence-electron chi connectivity index (χ1n) is 6.13. The minimum absolute atomic E-state index is 0.423. The number of rotatable bonds is 6. The van der Waals surface area contributed by atoms with Crippen molar-refractivity contribution in [3.63, 3.8) is 0 Å². The highest BCUT2D eigenvalue weighted by atomic mass is 32.2.